The van der Waals surface area contributed by atoms with Crippen molar-refractivity contribution in [3.05, 3.63) is 0 Å². The fourth-order valence-electron chi connectivity index (χ4n) is 10.7. The van der Waals surface area contributed by atoms with Gasteiger partial charge in [-0.3, -0.25) is 37.3 Å². The molecule has 0 aliphatic rings. The van der Waals surface area contributed by atoms with Crippen LogP contribution >= 0.6 is 15.6 Å². The van der Waals surface area contributed by atoms with Gasteiger partial charge in [0.15, 0.2) is 12.2 Å². The zero-order valence-electron chi connectivity index (χ0n) is 58.8. The minimum atomic E-state index is -4.95. The lowest BCUT2D eigenvalue weighted by molar-refractivity contribution is -0.161. The van der Waals surface area contributed by atoms with Crippen LogP contribution in [0, 0.1) is 23.7 Å². The highest BCUT2D eigenvalue weighted by atomic mass is 31.2. The molecule has 0 amide bonds. The van der Waals surface area contributed by atoms with Crippen molar-refractivity contribution in [1.82, 2.24) is 0 Å². The quantitative estimate of drug-likeness (QED) is 0.0222. The highest BCUT2D eigenvalue weighted by Crippen LogP contribution is 2.45. The molecule has 0 saturated heterocycles. The number of hydrogen-bond acceptors (Lipinski definition) is 15. The van der Waals surface area contributed by atoms with Crippen LogP contribution < -0.4 is 0 Å². The highest BCUT2D eigenvalue weighted by molar-refractivity contribution is 7.47. The van der Waals surface area contributed by atoms with Gasteiger partial charge in [0.1, 0.15) is 19.3 Å². The van der Waals surface area contributed by atoms with Crippen LogP contribution in [-0.2, 0) is 65.4 Å². The molecule has 0 aromatic rings. The van der Waals surface area contributed by atoms with E-state index >= 15 is 0 Å². The van der Waals surface area contributed by atoms with E-state index in [1.807, 2.05) is 0 Å². The number of unbranched alkanes of at least 4 members (excludes halogenated alkanes) is 34. The molecule has 3 N–H and O–H groups in total. The molecule has 90 heavy (non-hydrogen) atoms. The number of carbonyl (C=O) groups is 4. The number of phosphoric acid groups is 2. The molecule has 0 fully saturated rings. The normalized spacial score (nSPS) is 14.3. The van der Waals surface area contributed by atoms with Crippen molar-refractivity contribution in [2.45, 2.75) is 369 Å². The molecule has 0 aliphatic carbocycles. The molecule has 17 nitrogen and oxygen atoms in total. The van der Waals surface area contributed by atoms with E-state index in [4.69, 9.17) is 37.0 Å². The third-order valence-electron chi connectivity index (χ3n) is 16.3. The van der Waals surface area contributed by atoms with Crippen LogP contribution in [0.4, 0.5) is 0 Å². The van der Waals surface area contributed by atoms with E-state index in [1.165, 1.54) is 154 Å². The Balaban J connectivity index is 5.23. The van der Waals surface area contributed by atoms with Gasteiger partial charge in [0, 0.05) is 25.7 Å². The Morgan fingerprint density at radius 2 is 0.467 bits per heavy atom. The predicted octanol–water partition coefficient (Wildman–Crippen LogP) is 20.1. The van der Waals surface area contributed by atoms with Gasteiger partial charge in [0.05, 0.1) is 26.4 Å². The number of rotatable bonds is 68. The maximum absolute atomic E-state index is 13.0. The maximum Gasteiger partial charge on any atom is 0.472 e. The van der Waals surface area contributed by atoms with Crippen LogP contribution in [0.15, 0.2) is 0 Å². The Bertz CT molecular complexity index is 1780. The van der Waals surface area contributed by atoms with E-state index in [0.29, 0.717) is 31.6 Å². The summed E-state index contributed by atoms with van der Waals surface area (Å²) in [5.74, 6) is 0.817. The van der Waals surface area contributed by atoms with Crippen LogP contribution in [0.2, 0.25) is 0 Å². The average molecular weight is 1330 g/mol. The van der Waals surface area contributed by atoms with Crippen LogP contribution in [0.5, 0.6) is 0 Å². The van der Waals surface area contributed by atoms with Gasteiger partial charge >= 0.3 is 39.5 Å². The fourth-order valence-corrected chi connectivity index (χ4v) is 12.2. The molecular formula is C71H138O17P2. The molecule has 5 atom stereocenters. The second-order valence-electron chi connectivity index (χ2n) is 27.5. The summed E-state index contributed by atoms with van der Waals surface area (Å²) >= 11 is 0. The van der Waals surface area contributed by atoms with E-state index in [1.54, 1.807) is 0 Å². The third kappa shape index (κ3) is 64.8. The first-order valence-corrected chi connectivity index (χ1v) is 39.7. The summed E-state index contributed by atoms with van der Waals surface area (Å²) in [6, 6.07) is 0. The molecule has 0 aromatic heterocycles. The van der Waals surface area contributed by atoms with E-state index < -0.39 is 97.5 Å². The van der Waals surface area contributed by atoms with Gasteiger partial charge in [-0.05, 0) is 49.4 Å². The minimum absolute atomic E-state index is 0.101. The molecule has 534 valence electrons. The Hall–Kier alpha value is -1.94. The average Bonchev–Trinajstić information content (AvgIpc) is 2.85. The molecule has 19 heteroatoms. The van der Waals surface area contributed by atoms with Crippen molar-refractivity contribution in [2.24, 2.45) is 23.7 Å². The first-order valence-electron chi connectivity index (χ1n) is 36.7. The van der Waals surface area contributed by atoms with Gasteiger partial charge in [-0.1, -0.05) is 299 Å². The number of ether oxygens (including phenoxy) is 4. The van der Waals surface area contributed by atoms with Crippen LogP contribution in [0.25, 0.3) is 0 Å². The maximum atomic E-state index is 13.0. The van der Waals surface area contributed by atoms with Crippen LogP contribution in [0.3, 0.4) is 0 Å². The summed E-state index contributed by atoms with van der Waals surface area (Å²) in [7, 11) is -9.90. The zero-order chi connectivity index (χ0) is 66.8. The number of esters is 4. The molecule has 0 aliphatic heterocycles. The molecule has 0 spiro atoms. The zero-order valence-corrected chi connectivity index (χ0v) is 60.6. The lowest BCUT2D eigenvalue weighted by atomic mass is 10.0. The van der Waals surface area contributed by atoms with Gasteiger partial charge in [0.25, 0.3) is 0 Å². The van der Waals surface area contributed by atoms with E-state index in [2.05, 4.69) is 55.4 Å². The summed E-state index contributed by atoms with van der Waals surface area (Å²) in [4.78, 5) is 72.5. The summed E-state index contributed by atoms with van der Waals surface area (Å²) in [6.07, 6.45) is 43.3. The van der Waals surface area contributed by atoms with Gasteiger partial charge in [0.2, 0.25) is 0 Å². The Kier molecular flexibility index (Phi) is 59.4. The molecule has 0 heterocycles. The smallest absolute Gasteiger partial charge is 0.462 e. The number of hydrogen-bond donors (Lipinski definition) is 3. The van der Waals surface area contributed by atoms with Crippen molar-refractivity contribution < 1.29 is 80.2 Å². The van der Waals surface area contributed by atoms with Crippen LogP contribution in [0.1, 0.15) is 351 Å². The van der Waals surface area contributed by atoms with E-state index in [-0.39, 0.29) is 25.7 Å². The molecule has 0 radical (unpaired) electrons. The lowest BCUT2D eigenvalue weighted by Gasteiger charge is -2.21. The molecule has 0 rings (SSSR count). The van der Waals surface area contributed by atoms with Crippen molar-refractivity contribution in [3.63, 3.8) is 0 Å². The second kappa shape index (κ2) is 60.7. The molecule has 0 aromatic carbocycles. The van der Waals surface area contributed by atoms with Crippen LogP contribution in [-0.4, -0.2) is 96.7 Å². The third-order valence-corrected chi connectivity index (χ3v) is 18.2. The van der Waals surface area contributed by atoms with Crippen molar-refractivity contribution in [2.75, 3.05) is 39.6 Å². The summed E-state index contributed by atoms with van der Waals surface area (Å²) in [5.41, 5.74) is 0. The van der Waals surface area contributed by atoms with E-state index in [0.717, 1.165) is 108 Å². The molecular weight excluding hydrogens is 1190 g/mol. The summed E-state index contributed by atoms with van der Waals surface area (Å²) in [6.45, 7) is 14.0. The van der Waals surface area contributed by atoms with Crippen molar-refractivity contribution >= 4 is 39.5 Å². The standard InChI is InChI=1S/C71H138O17P2/c1-61(2)47-39-31-23-17-13-11-9-10-12-14-20-28-37-45-53-70(75)87-66(57-81-68(73)51-43-35-26-19-16-15-18-24-32-40-48-62(3)4)59-85-89(77,78)83-55-65(72)56-84-90(79,80)86-60-67(88-71(76)54-46-38-30-29-34-42-50-64(7)8)58-82-69(74)52-44-36-27-22-21-25-33-41-49-63(5)6/h61-67,72H,9-60H2,1-8H3,(H,77,78)(H,79,80)/t65?,66-,67-/m1/s1. The first-order chi connectivity index (χ1) is 43.1. The van der Waals surface area contributed by atoms with Gasteiger partial charge in [-0.25, -0.2) is 9.13 Å². The minimum Gasteiger partial charge on any atom is -0.462 e. The fraction of sp³-hybridized carbons (Fsp3) is 0.944. The van der Waals surface area contributed by atoms with E-state index in [9.17, 15) is 43.2 Å². The summed E-state index contributed by atoms with van der Waals surface area (Å²) in [5, 5.41) is 10.6. The second-order valence-corrected chi connectivity index (χ2v) is 30.4. The van der Waals surface area contributed by atoms with Gasteiger partial charge in [-0.15, -0.1) is 0 Å². The Labute approximate surface area is 549 Å². The molecule has 0 bridgehead atoms. The first kappa shape index (κ1) is 88.1. The van der Waals surface area contributed by atoms with Gasteiger partial charge in [-0.2, -0.15) is 0 Å². The summed E-state index contributed by atoms with van der Waals surface area (Å²) < 4.78 is 68.3. The van der Waals surface area contributed by atoms with Crippen molar-refractivity contribution in [1.29, 1.82) is 0 Å². The number of aliphatic hydroxyl groups is 1. The highest BCUT2D eigenvalue weighted by Gasteiger charge is 2.30. The molecule has 3 unspecified atom stereocenters. The number of carbonyl (C=O) groups excluding carboxylic acids is 4. The molecule has 0 saturated carbocycles. The monoisotopic (exact) mass is 1320 g/mol. The number of aliphatic hydroxyl groups excluding tert-OH is 1. The van der Waals surface area contributed by atoms with Crippen molar-refractivity contribution in [3.8, 4) is 0 Å². The Morgan fingerprint density at radius 3 is 0.689 bits per heavy atom. The predicted molar refractivity (Wildman–Crippen MR) is 363 cm³/mol. The SMILES string of the molecule is CC(C)CCCCCCCCCCCCCCCCC(=O)O[C@H](COC(=O)CCCCCCCCCCCCC(C)C)COP(=O)(O)OCC(O)COP(=O)(O)OC[C@@H](COC(=O)CCCCCCCCCCC(C)C)OC(=O)CCCCCCCCC(C)C. The topological polar surface area (TPSA) is 237 Å². The number of phosphoric ester groups is 2. The van der Waals surface area contributed by atoms with Gasteiger partial charge < -0.3 is 33.8 Å². The largest absolute Gasteiger partial charge is 0.472 e. The Morgan fingerprint density at radius 1 is 0.278 bits per heavy atom. The lowest BCUT2D eigenvalue weighted by Crippen LogP contribution is -2.30.